The van der Waals surface area contributed by atoms with E-state index in [-0.39, 0.29) is 12.0 Å². The quantitative estimate of drug-likeness (QED) is 0.829. The standard InChI is InChI=1S/C20H24N2O3/c1-15-9-10-17(25-15)11-12-20(23)22-18-7-2-3-8-19(18)24-14-16-6-4-5-13-21-16/h2-8,13,15,17H,9-12,14H2,1H3,(H,22,23)/t15-,17-/m0/s1. The second kappa shape index (κ2) is 8.62. The van der Waals surface area contributed by atoms with Gasteiger partial charge >= 0.3 is 0 Å². The highest BCUT2D eigenvalue weighted by Gasteiger charge is 2.22. The molecule has 1 N–H and O–H groups in total. The fraction of sp³-hybridized carbons (Fsp3) is 0.400. The van der Waals surface area contributed by atoms with E-state index in [1.54, 1.807) is 6.20 Å². The Morgan fingerprint density at radius 1 is 1.24 bits per heavy atom. The molecule has 0 bridgehead atoms. The molecular weight excluding hydrogens is 316 g/mol. The number of ether oxygens (including phenoxy) is 2. The van der Waals surface area contributed by atoms with Gasteiger partial charge in [0.2, 0.25) is 5.91 Å². The van der Waals surface area contributed by atoms with Crippen LogP contribution < -0.4 is 10.1 Å². The van der Waals surface area contributed by atoms with E-state index in [0.29, 0.717) is 30.6 Å². The van der Waals surface area contributed by atoms with Crippen molar-refractivity contribution in [3.05, 3.63) is 54.4 Å². The van der Waals surface area contributed by atoms with Crippen molar-refractivity contribution in [3.8, 4) is 5.75 Å². The molecule has 1 saturated heterocycles. The van der Waals surface area contributed by atoms with E-state index >= 15 is 0 Å². The lowest BCUT2D eigenvalue weighted by Gasteiger charge is -2.13. The minimum atomic E-state index is -0.0166. The average Bonchev–Trinajstić information content (AvgIpc) is 3.05. The van der Waals surface area contributed by atoms with E-state index in [1.807, 2.05) is 42.5 Å². The van der Waals surface area contributed by atoms with Crippen molar-refractivity contribution in [2.75, 3.05) is 5.32 Å². The summed E-state index contributed by atoms with van der Waals surface area (Å²) in [6, 6.07) is 13.2. The Balaban J connectivity index is 1.52. The summed E-state index contributed by atoms with van der Waals surface area (Å²) in [5.41, 5.74) is 1.53. The van der Waals surface area contributed by atoms with Crippen LogP contribution in [0.5, 0.6) is 5.75 Å². The van der Waals surface area contributed by atoms with Crippen LogP contribution in [-0.4, -0.2) is 23.1 Å². The first-order valence-corrected chi connectivity index (χ1v) is 8.78. The zero-order valence-corrected chi connectivity index (χ0v) is 14.5. The summed E-state index contributed by atoms with van der Waals surface area (Å²) >= 11 is 0. The van der Waals surface area contributed by atoms with Crippen LogP contribution in [0.1, 0.15) is 38.3 Å². The number of para-hydroxylation sites is 2. The van der Waals surface area contributed by atoms with Gasteiger partial charge in [0.25, 0.3) is 0 Å². The Hall–Kier alpha value is -2.40. The lowest BCUT2D eigenvalue weighted by Crippen LogP contribution is -2.16. The summed E-state index contributed by atoms with van der Waals surface area (Å²) in [5, 5.41) is 2.94. The van der Waals surface area contributed by atoms with Gasteiger partial charge in [0.15, 0.2) is 0 Å². The molecule has 25 heavy (non-hydrogen) atoms. The number of rotatable bonds is 7. The molecule has 132 valence electrons. The number of carbonyl (C=O) groups excluding carboxylic acids is 1. The summed E-state index contributed by atoms with van der Waals surface area (Å²) in [5.74, 6) is 0.629. The molecule has 0 aliphatic carbocycles. The number of hydrogen-bond donors (Lipinski definition) is 1. The maximum atomic E-state index is 12.2. The number of benzene rings is 1. The van der Waals surface area contributed by atoms with Crippen molar-refractivity contribution >= 4 is 11.6 Å². The fourth-order valence-corrected chi connectivity index (χ4v) is 2.93. The lowest BCUT2D eigenvalue weighted by molar-refractivity contribution is -0.116. The van der Waals surface area contributed by atoms with Gasteiger partial charge in [-0.2, -0.15) is 0 Å². The first-order valence-electron chi connectivity index (χ1n) is 8.78. The number of amides is 1. The molecule has 2 heterocycles. The highest BCUT2D eigenvalue weighted by molar-refractivity contribution is 5.92. The highest BCUT2D eigenvalue weighted by Crippen LogP contribution is 2.26. The summed E-state index contributed by atoms with van der Waals surface area (Å²) in [7, 11) is 0. The molecule has 5 nitrogen and oxygen atoms in total. The van der Waals surface area contributed by atoms with Gasteiger partial charge in [-0.1, -0.05) is 18.2 Å². The van der Waals surface area contributed by atoms with E-state index in [2.05, 4.69) is 17.2 Å². The van der Waals surface area contributed by atoms with Gasteiger partial charge in [-0.15, -0.1) is 0 Å². The molecule has 1 aromatic carbocycles. The maximum absolute atomic E-state index is 12.2. The number of pyridine rings is 1. The molecule has 0 unspecified atom stereocenters. The molecule has 1 fully saturated rings. The van der Waals surface area contributed by atoms with Crippen LogP contribution in [0.4, 0.5) is 5.69 Å². The predicted molar refractivity (Wildman–Crippen MR) is 96.4 cm³/mol. The Morgan fingerprint density at radius 3 is 2.84 bits per heavy atom. The third-order valence-electron chi connectivity index (χ3n) is 4.28. The third kappa shape index (κ3) is 5.29. The Kier molecular flexibility index (Phi) is 6.01. The molecule has 1 aromatic heterocycles. The molecule has 0 saturated carbocycles. The Morgan fingerprint density at radius 2 is 2.08 bits per heavy atom. The van der Waals surface area contributed by atoms with Crippen molar-refractivity contribution in [1.29, 1.82) is 0 Å². The van der Waals surface area contributed by atoms with Gasteiger partial charge in [0.1, 0.15) is 12.4 Å². The summed E-state index contributed by atoms with van der Waals surface area (Å²) in [6.07, 6.45) is 5.58. The Bertz CT molecular complexity index is 690. The van der Waals surface area contributed by atoms with E-state index in [4.69, 9.17) is 9.47 Å². The molecule has 1 aliphatic heterocycles. The van der Waals surface area contributed by atoms with E-state index in [1.165, 1.54) is 0 Å². The molecule has 2 aromatic rings. The van der Waals surface area contributed by atoms with Crippen LogP contribution in [0, 0.1) is 0 Å². The van der Waals surface area contributed by atoms with Gasteiger partial charge in [-0.25, -0.2) is 0 Å². The van der Waals surface area contributed by atoms with Crippen molar-refractivity contribution in [3.63, 3.8) is 0 Å². The van der Waals surface area contributed by atoms with Crippen LogP contribution in [0.3, 0.4) is 0 Å². The average molecular weight is 340 g/mol. The number of nitrogens with one attached hydrogen (secondary N) is 1. The summed E-state index contributed by atoms with van der Waals surface area (Å²) in [6.45, 7) is 2.44. The molecular formula is C20H24N2O3. The van der Waals surface area contributed by atoms with Crippen LogP contribution >= 0.6 is 0 Å². The SMILES string of the molecule is C[C@H]1CC[C@@H](CCC(=O)Nc2ccccc2OCc2ccccn2)O1. The van der Waals surface area contributed by atoms with Crippen molar-refractivity contribution in [1.82, 2.24) is 4.98 Å². The number of anilines is 1. The third-order valence-corrected chi connectivity index (χ3v) is 4.28. The van der Waals surface area contributed by atoms with Crippen LogP contribution in [0.25, 0.3) is 0 Å². The minimum Gasteiger partial charge on any atom is -0.485 e. The van der Waals surface area contributed by atoms with E-state index in [9.17, 15) is 4.79 Å². The minimum absolute atomic E-state index is 0.0166. The van der Waals surface area contributed by atoms with E-state index < -0.39 is 0 Å². The molecule has 3 rings (SSSR count). The number of hydrogen-bond acceptors (Lipinski definition) is 4. The molecule has 1 amide bonds. The van der Waals surface area contributed by atoms with Crippen molar-refractivity contribution in [2.24, 2.45) is 0 Å². The second-order valence-corrected chi connectivity index (χ2v) is 6.34. The molecule has 1 aliphatic rings. The van der Waals surface area contributed by atoms with E-state index in [0.717, 1.165) is 25.0 Å². The molecule has 2 atom stereocenters. The predicted octanol–water partition coefficient (Wildman–Crippen LogP) is 3.95. The monoisotopic (exact) mass is 340 g/mol. The molecule has 5 heteroatoms. The molecule has 0 radical (unpaired) electrons. The fourth-order valence-electron chi connectivity index (χ4n) is 2.93. The largest absolute Gasteiger partial charge is 0.485 e. The van der Waals surface area contributed by atoms with Crippen LogP contribution in [-0.2, 0) is 16.1 Å². The first kappa shape index (κ1) is 17.4. The zero-order valence-electron chi connectivity index (χ0n) is 14.5. The second-order valence-electron chi connectivity index (χ2n) is 6.34. The number of aromatic nitrogens is 1. The highest BCUT2D eigenvalue weighted by atomic mass is 16.5. The van der Waals surface area contributed by atoms with Crippen molar-refractivity contribution in [2.45, 2.75) is 51.4 Å². The van der Waals surface area contributed by atoms with Crippen molar-refractivity contribution < 1.29 is 14.3 Å². The van der Waals surface area contributed by atoms with Gasteiger partial charge in [-0.3, -0.25) is 9.78 Å². The molecule has 0 spiro atoms. The topological polar surface area (TPSA) is 60.5 Å². The normalized spacial score (nSPS) is 19.6. The Labute approximate surface area is 148 Å². The smallest absolute Gasteiger partial charge is 0.224 e. The van der Waals surface area contributed by atoms with Gasteiger partial charge < -0.3 is 14.8 Å². The number of carbonyl (C=O) groups is 1. The zero-order chi connectivity index (χ0) is 17.5. The van der Waals surface area contributed by atoms with Gasteiger partial charge in [-0.05, 0) is 50.5 Å². The summed E-state index contributed by atoms with van der Waals surface area (Å²) in [4.78, 5) is 16.5. The van der Waals surface area contributed by atoms with Gasteiger partial charge in [0, 0.05) is 12.6 Å². The van der Waals surface area contributed by atoms with Gasteiger partial charge in [0.05, 0.1) is 23.6 Å². The summed E-state index contributed by atoms with van der Waals surface area (Å²) < 4.78 is 11.6. The first-order chi connectivity index (χ1) is 12.2. The van der Waals surface area contributed by atoms with Crippen LogP contribution in [0.2, 0.25) is 0 Å². The lowest BCUT2D eigenvalue weighted by atomic mass is 10.1. The maximum Gasteiger partial charge on any atom is 0.224 e. The van der Waals surface area contributed by atoms with Crippen LogP contribution in [0.15, 0.2) is 48.7 Å². The number of nitrogens with zero attached hydrogens (tertiary/aromatic N) is 1.